The number of thiophene rings is 1. The minimum atomic E-state index is -0.213. The maximum Gasteiger partial charge on any atom is 0.124 e. The van der Waals surface area contributed by atoms with Gasteiger partial charge in [0.05, 0.1) is 0 Å². The van der Waals surface area contributed by atoms with Gasteiger partial charge >= 0.3 is 0 Å². The summed E-state index contributed by atoms with van der Waals surface area (Å²) in [5.41, 5.74) is 5.34. The summed E-state index contributed by atoms with van der Waals surface area (Å²) in [7, 11) is 0. The SMILES string of the molecule is NNC(Cc1cc(F)cc(Br)c1)C1CCCc2sccc21. The van der Waals surface area contributed by atoms with Crippen molar-refractivity contribution < 1.29 is 4.39 Å². The van der Waals surface area contributed by atoms with Crippen molar-refractivity contribution in [1.29, 1.82) is 0 Å². The van der Waals surface area contributed by atoms with Crippen molar-refractivity contribution in [3.8, 4) is 0 Å². The summed E-state index contributed by atoms with van der Waals surface area (Å²) in [4.78, 5) is 1.48. The van der Waals surface area contributed by atoms with Gasteiger partial charge in [0.1, 0.15) is 5.82 Å². The van der Waals surface area contributed by atoms with E-state index in [-0.39, 0.29) is 11.9 Å². The fourth-order valence-electron chi connectivity index (χ4n) is 3.24. The average molecular weight is 369 g/mol. The van der Waals surface area contributed by atoms with Gasteiger partial charge in [-0.15, -0.1) is 11.3 Å². The first-order valence-electron chi connectivity index (χ1n) is 7.14. The molecule has 0 saturated carbocycles. The van der Waals surface area contributed by atoms with Gasteiger partial charge in [-0.1, -0.05) is 15.9 Å². The monoisotopic (exact) mass is 368 g/mol. The summed E-state index contributed by atoms with van der Waals surface area (Å²) in [6.45, 7) is 0. The number of aryl methyl sites for hydroxylation is 1. The molecule has 3 N–H and O–H groups in total. The van der Waals surface area contributed by atoms with Crippen molar-refractivity contribution in [1.82, 2.24) is 5.43 Å². The molecule has 3 rings (SSSR count). The second-order valence-corrected chi connectivity index (χ2v) is 7.47. The summed E-state index contributed by atoms with van der Waals surface area (Å²) in [5, 5.41) is 2.16. The fourth-order valence-corrected chi connectivity index (χ4v) is 4.75. The largest absolute Gasteiger partial charge is 0.271 e. The number of hydrogen-bond donors (Lipinski definition) is 2. The molecular weight excluding hydrogens is 351 g/mol. The summed E-state index contributed by atoms with van der Waals surface area (Å²) in [6.07, 6.45) is 4.23. The maximum atomic E-state index is 13.5. The Labute approximate surface area is 136 Å². The minimum absolute atomic E-state index is 0.132. The van der Waals surface area contributed by atoms with Crippen LogP contribution in [0.15, 0.2) is 34.1 Å². The Morgan fingerprint density at radius 2 is 2.29 bits per heavy atom. The van der Waals surface area contributed by atoms with E-state index in [1.807, 2.05) is 17.4 Å². The van der Waals surface area contributed by atoms with E-state index >= 15 is 0 Å². The Hall–Kier alpha value is -0.750. The van der Waals surface area contributed by atoms with Crippen LogP contribution in [-0.4, -0.2) is 6.04 Å². The van der Waals surface area contributed by atoms with E-state index in [4.69, 9.17) is 5.84 Å². The zero-order chi connectivity index (χ0) is 14.8. The van der Waals surface area contributed by atoms with Gasteiger partial charge in [-0.3, -0.25) is 11.3 Å². The lowest BCUT2D eigenvalue weighted by Crippen LogP contribution is -2.42. The first-order chi connectivity index (χ1) is 10.2. The van der Waals surface area contributed by atoms with Crippen molar-refractivity contribution in [3.05, 3.63) is 55.9 Å². The molecule has 2 unspecified atom stereocenters. The molecule has 21 heavy (non-hydrogen) atoms. The van der Waals surface area contributed by atoms with Crippen molar-refractivity contribution in [3.63, 3.8) is 0 Å². The molecule has 0 aliphatic heterocycles. The fraction of sp³-hybridized carbons (Fsp3) is 0.375. The number of fused-ring (bicyclic) bond motifs is 1. The second-order valence-electron chi connectivity index (χ2n) is 5.55. The number of halogens is 2. The molecule has 2 aromatic rings. The zero-order valence-corrected chi connectivity index (χ0v) is 14.0. The summed E-state index contributed by atoms with van der Waals surface area (Å²) in [5.74, 6) is 6.00. The third-order valence-corrected chi connectivity index (χ3v) is 5.63. The Balaban J connectivity index is 1.83. The highest BCUT2D eigenvalue weighted by Crippen LogP contribution is 2.37. The molecule has 0 radical (unpaired) electrons. The van der Waals surface area contributed by atoms with Crippen molar-refractivity contribution >= 4 is 27.3 Å². The molecule has 2 atom stereocenters. The van der Waals surface area contributed by atoms with Crippen LogP contribution in [0, 0.1) is 5.82 Å². The van der Waals surface area contributed by atoms with Crippen LogP contribution in [0.1, 0.15) is 34.8 Å². The molecular formula is C16H18BrFN2S. The number of hydrogen-bond acceptors (Lipinski definition) is 3. The lowest BCUT2D eigenvalue weighted by atomic mass is 9.80. The maximum absolute atomic E-state index is 13.5. The number of benzene rings is 1. The van der Waals surface area contributed by atoms with Gasteiger partial charge in [0.15, 0.2) is 0 Å². The number of rotatable bonds is 4. The van der Waals surface area contributed by atoms with E-state index in [1.165, 1.54) is 29.3 Å². The van der Waals surface area contributed by atoms with Crippen molar-refractivity contribution in [2.24, 2.45) is 5.84 Å². The predicted octanol–water partition coefficient (Wildman–Crippen LogP) is 4.14. The molecule has 0 fully saturated rings. The van der Waals surface area contributed by atoms with E-state index in [1.54, 1.807) is 6.07 Å². The molecule has 1 aliphatic rings. The van der Waals surface area contributed by atoms with Crippen LogP contribution in [0.25, 0.3) is 0 Å². The van der Waals surface area contributed by atoms with Crippen molar-refractivity contribution in [2.45, 2.75) is 37.6 Å². The van der Waals surface area contributed by atoms with Gasteiger partial charge in [0, 0.05) is 21.3 Å². The molecule has 1 heterocycles. The summed E-state index contributed by atoms with van der Waals surface area (Å²) in [6, 6.07) is 7.38. The highest BCUT2D eigenvalue weighted by atomic mass is 79.9. The third kappa shape index (κ3) is 3.37. The zero-order valence-electron chi connectivity index (χ0n) is 11.6. The van der Waals surface area contributed by atoms with E-state index in [0.29, 0.717) is 5.92 Å². The van der Waals surface area contributed by atoms with Crippen LogP contribution in [0.3, 0.4) is 0 Å². The first-order valence-corrected chi connectivity index (χ1v) is 8.82. The van der Waals surface area contributed by atoms with Gasteiger partial charge in [-0.2, -0.15) is 0 Å². The molecule has 0 spiro atoms. The third-order valence-electron chi connectivity index (χ3n) is 4.18. The smallest absolute Gasteiger partial charge is 0.124 e. The Bertz CT molecular complexity index is 608. The van der Waals surface area contributed by atoms with E-state index in [9.17, 15) is 4.39 Å². The highest BCUT2D eigenvalue weighted by molar-refractivity contribution is 9.10. The van der Waals surface area contributed by atoms with Crippen LogP contribution in [0.4, 0.5) is 4.39 Å². The van der Waals surface area contributed by atoms with Crippen LogP contribution >= 0.6 is 27.3 Å². The molecule has 112 valence electrons. The molecule has 0 saturated heterocycles. The topological polar surface area (TPSA) is 38.0 Å². The molecule has 1 aliphatic carbocycles. The van der Waals surface area contributed by atoms with Gasteiger partial charge in [-0.25, -0.2) is 4.39 Å². The van der Waals surface area contributed by atoms with E-state index in [0.717, 1.165) is 22.9 Å². The Morgan fingerprint density at radius 3 is 3.05 bits per heavy atom. The van der Waals surface area contributed by atoms with Crippen LogP contribution in [-0.2, 0) is 12.8 Å². The first kappa shape index (κ1) is 15.2. The molecule has 2 nitrogen and oxygen atoms in total. The van der Waals surface area contributed by atoms with Crippen LogP contribution in [0.2, 0.25) is 0 Å². The lowest BCUT2D eigenvalue weighted by Gasteiger charge is -2.30. The number of hydrazine groups is 1. The van der Waals surface area contributed by atoms with E-state index in [2.05, 4.69) is 32.8 Å². The molecule has 1 aromatic carbocycles. The predicted molar refractivity (Wildman–Crippen MR) is 88.9 cm³/mol. The van der Waals surface area contributed by atoms with Gasteiger partial charge in [-0.05, 0) is 66.5 Å². The average Bonchev–Trinajstić information content (AvgIpc) is 2.92. The standard InChI is InChI=1S/C16H18BrFN2S/c17-11-6-10(7-12(18)9-11)8-15(20-19)13-2-1-3-16-14(13)4-5-21-16/h4-7,9,13,15,20H,1-3,8,19H2. The normalized spacial score (nSPS) is 19.3. The van der Waals surface area contributed by atoms with Gasteiger partial charge in [0.25, 0.3) is 0 Å². The molecule has 0 amide bonds. The van der Waals surface area contributed by atoms with Crippen molar-refractivity contribution in [2.75, 3.05) is 0 Å². The van der Waals surface area contributed by atoms with Crippen LogP contribution < -0.4 is 11.3 Å². The number of nitrogens with two attached hydrogens (primary N) is 1. The molecule has 1 aromatic heterocycles. The number of nitrogens with one attached hydrogen (secondary N) is 1. The van der Waals surface area contributed by atoms with Crippen LogP contribution in [0.5, 0.6) is 0 Å². The highest BCUT2D eigenvalue weighted by Gasteiger charge is 2.28. The van der Waals surface area contributed by atoms with Gasteiger partial charge in [0.2, 0.25) is 0 Å². The molecule has 0 bridgehead atoms. The van der Waals surface area contributed by atoms with Gasteiger partial charge < -0.3 is 0 Å². The lowest BCUT2D eigenvalue weighted by molar-refractivity contribution is 0.397. The Morgan fingerprint density at radius 1 is 1.43 bits per heavy atom. The summed E-state index contributed by atoms with van der Waals surface area (Å²) >= 11 is 5.18. The second kappa shape index (κ2) is 6.57. The quantitative estimate of drug-likeness (QED) is 0.628. The molecule has 5 heteroatoms. The van der Waals surface area contributed by atoms with E-state index < -0.39 is 0 Å². The minimum Gasteiger partial charge on any atom is -0.271 e. The Kier molecular flexibility index (Phi) is 4.74. The summed E-state index contributed by atoms with van der Waals surface area (Å²) < 4.78 is 14.3.